The summed E-state index contributed by atoms with van der Waals surface area (Å²) in [7, 11) is 0. The maximum atomic E-state index is 12.0. The molecule has 19 heavy (non-hydrogen) atoms. The van der Waals surface area contributed by atoms with Crippen LogP contribution in [-0.2, 0) is 14.2 Å². The minimum atomic E-state index is -2.88. The Morgan fingerprint density at radius 3 is 2.68 bits per heavy atom. The third-order valence-corrected chi connectivity index (χ3v) is 2.93. The van der Waals surface area contributed by atoms with Crippen molar-refractivity contribution in [2.24, 2.45) is 0 Å². The van der Waals surface area contributed by atoms with Gasteiger partial charge in [0.25, 0.3) is 0 Å². The van der Waals surface area contributed by atoms with Crippen LogP contribution >= 0.6 is 15.9 Å². The SMILES string of the molecule is FC(F)OC1COCC(COc2ccc(Br)cc2)O1. The summed E-state index contributed by atoms with van der Waals surface area (Å²) in [5.74, 6) is 0.670. The number of hydrogen-bond donors (Lipinski definition) is 0. The van der Waals surface area contributed by atoms with Crippen molar-refractivity contribution < 1.29 is 27.7 Å². The third kappa shape index (κ3) is 5.02. The molecule has 0 N–H and O–H groups in total. The Labute approximate surface area is 117 Å². The molecule has 7 heteroatoms. The number of halogens is 3. The normalized spacial score (nSPS) is 23.6. The molecule has 0 bridgehead atoms. The predicted octanol–water partition coefficient (Wildman–Crippen LogP) is 2.81. The fraction of sp³-hybridized carbons (Fsp3) is 0.500. The maximum Gasteiger partial charge on any atom is 0.347 e. The summed E-state index contributed by atoms with van der Waals surface area (Å²) in [6.45, 7) is -2.37. The van der Waals surface area contributed by atoms with E-state index in [0.717, 1.165) is 4.47 Å². The largest absolute Gasteiger partial charge is 0.491 e. The van der Waals surface area contributed by atoms with Crippen LogP contribution in [0.25, 0.3) is 0 Å². The molecule has 1 aliphatic heterocycles. The lowest BCUT2D eigenvalue weighted by molar-refractivity contribution is -0.301. The smallest absolute Gasteiger partial charge is 0.347 e. The van der Waals surface area contributed by atoms with E-state index in [4.69, 9.17) is 14.2 Å². The van der Waals surface area contributed by atoms with E-state index in [0.29, 0.717) is 12.4 Å². The van der Waals surface area contributed by atoms with Crippen LogP contribution < -0.4 is 4.74 Å². The van der Waals surface area contributed by atoms with Gasteiger partial charge in [-0.05, 0) is 24.3 Å². The van der Waals surface area contributed by atoms with Crippen LogP contribution in [0, 0.1) is 0 Å². The highest BCUT2D eigenvalue weighted by atomic mass is 79.9. The lowest BCUT2D eigenvalue weighted by Crippen LogP contribution is -2.41. The molecule has 1 aliphatic rings. The fourth-order valence-electron chi connectivity index (χ4n) is 1.58. The average Bonchev–Trinajstić information content (AvgIpc) is 2.38. The van der Waals surface area contributed by atoms with Crippen molar-refractivity contribution in [3.05, 3.63) is 28.7 Å². The number of hydrogen-bond acceptors (Lipinski definition) is 4. The van der Waals surface area contributed by atoms with Gasteiger partial charge in [-0.1, -0.05) is 15.9 Å². The molecule has 2 unspecified atom stereocenters. The second-order valence-electron chi connectivity index (χ2n) is 3.89. The quantitative estimate of drug-likeness (QED) is 0.827. The number of rotatable bonds is 5. The zero-order valence-electron chi connectivity index (χ0n) is 9.93. The van der Waals surface area contributed by atoms with Gasteiger partial charge in [0.15, 0.2) is 6.29 Å². The Morgan fingerprint density at radius 1 is 1.26 bits per heavy atom. The first-order chi connectivity index (χ1) is 9.13. The molecule has 2 atom stereocenters. The first-order valence-electron chi connectivity index (χ1n) is 5.68. The topological polar surface area (TPSA) is 36.9 Å². The minimum absolute atomic E-state index is 0.000869. The molecule has 0 spiro atoms. The van der Waals surface area contributed by atoms with Crippen LogP contribution in [-0.4, -0.2) is 38.8 Å². The van der Waals surface area contributed by atoms with Gasteiger partial charge >= 0.3 is 6.61 Å². The lowest BCUT2D eigenvalue weighted by Gasteiger charge is -2.29. The van der Waals surface area contributed by atoms with Gasteiger partial charge in [0.1, 0.15) is 18.5 Å². The Kier molecular flexibility index (Phi) is 5.50. The minimum Gasteiger partial charge on any atom is -0.491 e. The van der Waals surface area contributed by atoms with Crippen LogP contribution in [0.3, 0.4) is 0 Å². The van der Waals surface area contributed by atoms with E-state index < -0.39 is 19.0 Å². The Bertz CT molecular complexity index is 388. The monoisotopic (exact) mass is 338 g/mol. The van der Waals surface area contributed by atoms with Gasteiger partial charge in [-0.15, -0.1) is 0 Å². The molecule has 4 nitrogen and oxygen atoms in total. The summed E-state index contributed by atoms with van der Waals surface area (Å²) in [5, 5.41) is 0. The molecular weight excluding hydrogens is 326 g/mol. The average molecular weight is 339 g/mol. The predicted molar refractivity (Wildman–Crippen MR) is 66.2 cm³/mol. The van der Waals surface area contributed by atoms with E-state index in [1.54, 1.807) is 12.1 Å². The van der Waals surface area contributed by atoms with E-state index in [-0.39, 0.29) is 13.2 Å². The van der Waals surface area contributed by atoms with Crippen LogP contribution in [0.2, 0.25) is 0 Å². The van der Waals surface area contributed by atoms with Crippen molar-refractivity contribution in [1.29, 1.82) is 0 Å². The van der Waals surface area contributed by atoms with Crippen molar-refractivity contribution in [3.63, 3.8) is 0 Å². The number of alkyl halides is 2. The molecule has 0 radical (unpaired) electrons. The van der Waals surface area contributed by atoms with E-state index >= 15 is 0 Å². The van der Waals surface area contributed by atoms with Crippen LogP contribution in [0.1, 0.15) is 0 Å². The van der Waals surface area contributed by atoms with Crippen molar-refractivity contribution in [3.8, 4) is 5.75 Å². The Morgan fingerprint density at radius 2 is 2.00 bits per heavy atom. The molecular formula is C12H13BrF2O4. The molecule has 0 saturated carbocycles. The first-order valence-corrected chi connectivity index (χ1v) is 6.48. The van der Waals surface area contributed by atoms with E-state index in [1.807, 2.05) is 12.1 Å². The van der Waals surface area contributed by atoms with Crippen molar-refractivity contribution in [2.45, 2.75) is 19.0 Å². The summed E-state index contributed by atoms with van der Waals surface area (Å²) in [5.41, 5.74) is 0. The molecule has 106 valence electrons. The maximum absolute atomic E-state index is 12.0. The van der Waals surface area contributed by atoms with Gasteiger partial charge in [0, 0.05) is 4.47 Å². The highest BCUT2D eigenvalue weighted by molar-refractivity contribution is 9.10. The Balaban J connectivity index is 1.77. The summed E-state index contributed by atoms with van der Waals surface area (Å²) < 4.78 is 45.2. The molecule has 1 heterocycles. The molecule has 1 fully saturated rings. The van der Waals surface area contributed by atoms with E-state index in [2.05, 4.69) is 20.7 Å². The van der Waals surface area contributed by atoms with E-state index in [9.17, 15) is 8.78 Å². The highest BCUT2D eigenvalue weighted by Gasteiger charge is 2.26. The Hall–Kier alpha value is -0.760. The van der Waals surface area contributed by atoms with Gasteiger partial charge in [0.05, 0.1) is 13.2 Å². The van der Waals surface area contributed by atoms with Crippen LogP contribution in [0.15, 0.2) is 28.7 Å². The molecule has 0 aromatic heterocycles. The van der Waals surface area contributed by atoms with Gasteiger partial charge in [-0.2, -0.15) is 8.78 Å². The highest BCUT2D eigenvalue weighted by Crippen LogP contribution is 2.18. The van der Waals surface area contributed by atoms with Crippen molar-refractivity contribution >= 4 is 15.9 Å². The molecule has 1 aromatic rings. The molecule has 0 aliphatic carbocycles. The van der Waals surface area contributed by atoms with Gasteiger partial charge in [0.2, 0.25) is 0 Å². The first kappa shape index (κ1) is 14.6. The fourth-order valence-corrected chi connectivity index (χ4v) is 1.85. The second kappa shape index (κ2) is 7.14. The van der Waals surface area contributed by atoms with Gasteiger partial charge in [-0.25, -0.2) is 0 Å². The second-order valence-corrected chi connectivity index (χ2v) is 4.80. The standard InChI is InChI=1S/C12H13BrF2O4/c13-8-1-3-9(4-2-8)17-6-10-5-16-7-11(18-10)19-12(14)15/h1-4,10-12H,5-7H2. The lowest BCUT2D eigenvalue weighted by atomic mass is 10.3. The van der Waals surface area contributed by atoms with E-state index in [1.165, 1.54) is 0 Å². The van der Waals surface area contributed by atoms with Crippen molar-refractivity contribution in [2.75, 3.05) is 19.8 Å². The van der Waals surface area contributed by atoms with Gasteiger partial charge < -0.3 is 14.2 Å². The molecule has 0 amide bonds. The van der Waals surface area contributed by atoms with Gasteiger partial charge in [-0.3, -0.25) is 4.74 Å². The summed E-state index contributed by atoms with van der Waals surface area (Å²) in [6.07, 6.45) is -1.48. The van der Waals surface area contributed by atoms with Crippen LogP contribution in [0.5, 0.6) is 5.75 Å². The molecule has 1 saturated heterocycles. The summed E-state index contributed by atoms with van der Waals surface area (Å²) in [6, 6.07) is 7.27. The summed E-state index contributed by atoms with van der Waals surface area (Å²) >= 11 is 3.32. The van der Waals surface area contributed by atoms with Crippen molar-refractivity contribution in [1.82, 2.24) is 0 Å². The molecule has 2 rings (SSSR count). The third-order valence-electron chi connectivity index (χ3n) is 2.41. The summed E-state index contributed by atoms with van der Waals surface area (Å²) in [4.78, 5) is 0. The van der Waals surface area contributed by atoms with Crippen LogP contribution in [0.4, 0.5) is 8.78 Å². The zero-order valence-corrected chi connectivity index (χ0v) is 11.5. The number of benzene rings is 1. The number of ether oxygens (including phenoxy) is 4. The molecule has 1 aromatic carbocycles. The zero-order chi connectivity index (χ0) is 13.7.